The molecule has 3 aromatic rings. The second kappa shape index (κ2) is 4.85. The van der Waals surface area contributed by atoms with Gasteiger partial charge in [-0.25, -0.2) is 4.98 Å². The quantitative estimate of drug-likeness (QED) is 0.578. The lowest BCUT2D eigenvalue weighted by atomic mass is 10.3. The lowest BCUT2D eigenvalue weighted by Gasteiger charge is -1.96. The van der Waals surface area contributed by atoms with Gasteiger partial charge < -0.3 is 4.42 Å². The number of fused-ring (bicyclic) bond motifs is 1. The van der Waals surface area contributed by atoms with Gasteiger partial charge in [0.05, 0.1) is 10.2 Å². The molecule has 0 saturated carbocycles. The summed E-state index contributed by atoms with van der Waals surface area (Å²) in [5, 5.41) is 5.08. The number of hydrogen-bond acceptors (Lipinski definition) is 5. The largest absolute Gasteiger partial charge is 0.460 e. The molecule has 0 aliphatic carbocycles. The second-order valence-electron chi connectivity index (χ2n) is 4.21. The Morgan fingerprint density at radius 1 is 1.26 bits per heavy atom. The number of thiazole rings is 1. The number of aryl methyl sites for hydroxylation is 1. The van der Waals surface area contributed by atoms with E-state index in [1.54, 1.807) is 11.3 Å². The van der Waals surface area contributed by atoms with Gasteiger partial charge in [-0.2, -0.15) is 5.10 Å². The Morgan fingerprint density at radius 2 is 2.11 bits per heavy atom. The third kappa shape index (κ3) is 2.51. The zero-order valence-corrected chi connectivity index (χ0v) is 11.5. The summed E-state index contributed by atoms with van der Waals surface area (Å²) in [6, 6.07) is 11.9. The van der Waals surface area contributed by atoms with Crippen molar-refractivity contribution < 1.29 is 4.42 Å². The molecule has 1 aromatic carbocycles. The van der Waals surface area contributed by atoms with E-state index in [1.165, 1.54) is 0 Å². The van der Waals surface area contributed by atoms with Crippen molar-refractivity contribution in [1.82, 2.24) is 4.98 Å². The van der Waals surface area contributed by atoms with E-state index in [4.69, 9.17) is 4.42 Å². The van der Waals surface area contributed by atoms with Gasteiger partial charge in [-0.3, -0.25) is 5.43 Å². The minimum atomic E-state index is 0.770. The van der Waals surface area contributed by atoms with Crippen LogP contribution in [0.1, 0.15) is 18.4 Å². The summed E-state index contributed by atoms with van der Waals surface area (Å²) in [7, 11) is 0. The number of furan rings is 1. The van der Waals surface area contributed by atoms with Crippen molar-refractivity contribution in [2.75, 3.05) is 5.43 Å². The molecule has 0 aliphatic rings. The van der Waals surface area contributed by atoms with Gasteiger partial charge in [0.1, 0.15) is 17.2 Å². The van der Waals surface area contributed by atoms with Crippen LogP contribution in [0.3, 0.4) is 0 Å². The lowest BCUT2D eigenvalue weighted by molar-refractivity contribution is 0.525. The van der Waals surface area contributed by atoms with E-state index in [2.05, 4.69) is 15.5 Å². The Hall–Kier alpha value is -2.14. The molecule has 4 nitrogen and oxygen atoms in total. The highest BCUT2D eigenvalue weighted by Crippen LogP contribution is 2.25. The maximum atomic E-state index is 5.50. The Balaban J connectivity index is 1.81. The van der Waals surface area contributed by atoms with Gasteiger partial charge in [0.15, 0.2) is 0 Å². The molecule has 0 aliphatic heterocycles. The second-order valence-corrected chi connectivity index (χ2v) is 5.24. The number of para-hydroxylation sites is 1. The average molecular weight is 271 g/mol. The molecule has 2 heterocycles. The Kier molecular flexibility index (Phi) is 3.05. The minimum absolute atomic E-state index is 0.770. The SMILES string of the molecule is C/C(=N\Nc1nc2ccccc2s1)c1ccc(C)o1. The summed E-state index contributed by atoms with van der Waals surface area (Å²) in [4.78, 5) is 4.45. The first kappa shape index (κ1) is 11.9. The van der Waals surface area contributed by atoms with Crippen LogP contribution < -0.4 is 5.43 Å². The van der Waals surface area contributed by atoms with E-state index in [0.717, 1.165) is 32.6 Å². The van der Waals surface area contributed by atoms with E-state index < -0.39 is 0 Å². The summed E-state index contributed by atoms with van der Waals surface area (Å²) in [5.41, 5.74) is 4.76. The van der Waals surface area contributed by atoms with Crippen LogP contribution in [-0.2, 0) is 0 Å². The first-order valence-electron chi connectivity index (χ1n) is 5.95. The van der Waals surface area contributed by atoms with E-state index in [9.17, 15) is 0 Å². The van der Waals surface area contributed by atoms with Crippen molar-refractivity contribution in [2.45, 2.75) is 13.8 Å². The minimum Gasteiger partial charge on any atom is -0.460 e. The monoisotopic (exact) mass is 271 g/mol. The van der Waals surface area contributed by atoms with Crippen LogP contribution in [0.2, 0.25) is 0 Å². The van der Waals surface area contributed by atoms with E-state index >= 15 is 0 Å². The van der Waals surface area contributed by atoms with Crippen LogP contribution in [0.25, 0.3) is 10.2 Å². The number of hydrazone groups is 1. The Morgan fingerprint density at radius 3 is 2.84 bits per heavy atom. The Bertz CT molecular complexity index is 709. The van der Waals surface area contributed by atoms with Crippen LogP contribution in [-0.4, -0.2) is 10.7 Å². The van der Waals surface area contributed by atoms with Gasteiger partial charge >= 0.3 is 0 Å². The lowest BCUT2D eigenvalue weighted by Crippen LogP contribution is -1.97. The molecular weight excluding hydrogens is 258 g/mol. The number of aromatic nitrogens is 1. The third-order valence-corrected chi connectivity index (χ3v) is 3.65. The molecule has 3 rings (SSSR count). The smallest absolute Gasteiger partial charge is 0.204 e. The molecule has 19 heavy (non-hydrogen) atoms. The van der Waals surface area contributed by atoms with Crippen LogP contribution >= 0.6 is 11.3 Å². The van der Waals surface area contributed by atoms with Crippen molar-refractivity contribution in [3.05, 3.63) is 47.9 Å². The maximum absolute atomic E-state index is 5.50. The fourth-order valence-corrected chi connectivity index (χ4v) is 2.54. The van der Waals surface area contributed by atoms with Gasteiger partial charge in [0.2, 0.25) is 5.13 Å². The fourth-order valence-electron chi connectivity index (χ4n) is 1.74. The van der Waals surface area contributed by atoms with E-state index in [1.807, 2.05) is 50.2 Å². The van der Waals surface area contributed by atoms with Crippen molar-refractivity contribution >= 4 is 32.4 Å². The summed E-state index contributed by atoms with van der Waals surface area (Å²) in [5.74, 6) is 1.65. The fraction of sp³-hybridized carbons (Fsp3) is 0.143. The molecular formula is C14H13N3OS. The van der Waals surface area contributed by atoms with Gasteiger partial charge in [0, 0.05) is 0 Å². The molecule has 0 saturated heterocycles. The van der Waals surface area contributed by atoms with Gasteiger partial charge in [0.25, 0.3) is 0 Å². The van der Waals surface area contributed by atoms with Gasteiger partial charge in [-0.1, -0.05) is 23.5 Å². The number of nitrogens with one attached hydrogen (secondary N) is 1. The number of nitrogens with zero attached hydrogens (tertiary/aromatic N) is 2. The molecule has 96 valence electrons. The maximum Gasteiger partial charge on any atom is 0.204 e. The molecule has 0 spiro atoms. The number of hydrogen-bond donors (Lipinski definition) is 1. The molecule has 2 aromatic heterocycles. The van der Waals surface area contributed by atoms with Crippen molar-refractivity contribution in [3.63, 3.8) is 0 Å². The summed E-state index contributed by atoms with van der Waals surface area (Å²) in [6.07, 6.45) is 0. The zero-order chi connectivity index (χ0) is 13.2. The number of benzene rings is 1. The predicted octanol–water partition coefficient (Wildman–Crippen LogP) is 4.03. The molecule has 0 atom stereocenters. The highest BCUT2D eigenvalue weighted by molar-refractivity contribution is 7.22. The summed E-state index contributed by atoms with van der Waals surface area (Å²) >= 11 is 1.58. The Labute approximate surface area is 114 Å². The first-order chi connectivity index (χ1) is 9.22. The third-order valence-electron chi connectivity index (χ3n) is 2.71. The highest BCUT2D eigenvalue weighted by atomic mass is 32.1. The molecule has 0 unspecified atom stereocenters. The molecule has 1 N–H and O–H groups in total. The van der Waals surface area contributed by atoms with E-state index in [0.29, 0.717) is 0 Å². The predicted molar refractivity (Wildman–Crippen MR) is 78.9 cm³/mol. The topological polar surface area (TPSA) is 50.4 Å². The van der Waals surface area contributed by atoms with Gasteiger partial charge in [-0.15, -0.1) is 0 Å². The van der Waals surface area contributed by atoms with Crippen molar-refractivity contribution in [1.29, 1.82) is 0 Å². The zero-order valence-electron chi connectivity index (χ0n) is 10.7. The molecule has 5 heteroatoms. The number of anilines is 1. The summed E-state index contributed by atoms with van der Waals surface area (Å²) < 4.78 is 6.65. The van der Waals surface area contributed by atoms with Crippen molar-refractivity contribution in [3.8, 4) is 0 Å². The normalized spacial score (nSPS) is 12.0. The van der Waals surface area contributed by atoms with Crippen LogP contribution in [0, 0.1) is 6.92 Å². The van der Waals surface area contributed by atoms with Crippen LogP contribution in [0.15, 0.2) is 45.9 Å². The molecule has 0 radical (unpaired) electrons. The standard InChI is InChI=1S/C14H13N3OS/c1-9-7-8-12(18-9)10(2)16-17-14-15-11-5-3-4-6-13(11)19-14/h3-8H,1-2H3,(H,15,17)/b16-10+. The molecule has 0 bridgehead atoms. The molecule has 0 amide bonds. The molecule has 0 fully saturated rings. The van der Waals surface area contributed by atoms with Crippen LogP contribution in [0.5, 0.6) is 0 Å². The number of rotatable bonds is 3. The van der Waals surface area contributed by atoms with E-state index in [-0.39, 0.29) is 0 Å². The van der Waals surface area contributed by atoms with Crippen molar-refractivity contribution in [2.24, 2.45) is 5.10 Å². The average Bonchev–Trinajstić information content (AvgIpc) is 3.01. The highest BCUT2D eigenvalue weighted by Gasteiger charge is 2.04. The van der Waals surface area contributed by atoms with Crippen LogP contribution in [0.4, 0.5) is 5.13 Å². The van der Waals surface area contributed by atoms with Gasteiger partial charge in [-0.05, 0) is 38.1 Å². The first-order valence-corrected chi connectivity index (χ1v) is 6.77. The summed E-state index contributed by atoms with van der Waals surface area (Å²) in [6.45, 7) is 3.82.